The van der Waals surface area contributed by atoms with Gasteiger partial charge in [0.25, 0.3) is 5.91 Å². The van der Waals surface area contributed by atoms with Crippen LogP contribution >= 0.6 is 0 Å². The van der Waals surface area contributed by atoms with Crippen LogP contribution in [0.2, 0.25) is 0 Å². The van der Waals surface area contributed by atoms with E-state index in [1.54, 1.807) is 24.3 Å². The van der Waals surface area contributed by atoms with Crippen LogP contribution in [0, 0.1) is 18.3 Å². The topological polar surface area (TPSA) is 104 Å². The van der Waals surface area contributed by atoms with Gasteiger partial charge < -0.3 is 14.1 Å². The van der Waals surface area contributed by atoms with Crippen molar-refractivity contribution in [3.05, 3.63) is 41.9 Å². The first-order chi connectivity index (χ1) is 14.4. The molecule has 1 aromatic carbocycles. The van der Waals surface area contributed by atoms with E-state index in [4.69, 9.17) is 14.4 Å². The van der Waals surface area contributed by atoms with Crippen molar-refractivity contribution in [1.29, 1.82) is 5.26 Å². The molecular formula is C21H25N3O5S. The Kier molecular flexibility index (Phi) is 6.80. The third kappa shape index (κ3) is 4.50. The molecule has 1 saturated heterocycles. The molecule has 1 aliphatic rings. The van der Waals surface area contributed by atoms with Crippen molar-refractivity contribution >= 4 is 21.6 Å². The predicted molar refractivity (Wildman–Crippen MR) is 111 cm³/mol. The highest BCUT2D eigenvalue weighted by molar-refractivity contribution is 7.89. The number of rotatable bonds is 8. The lowest BCUT2D eigenvalue weighted by Gasteiger charge is -2.21. The predicted octanol–water partition coefficient (Wildman–Crippen LogP) is 3.33. The highest BCUT2D eigenvalue weighted by atomic mass is 32.2. The molecule has 0 saturated carbocycles. The highest BCUT2D eigenvalue weighted by Crippen LogP contribution is 2.28. The van der Waals surface area contributed by atoms with Crippen molar-refractivity contribution < 1.29 is 22.4 Å². The van der Waals surface area contributed by atoms with Gasteiger partial charge in [0, 0.05) is 31.4 Å². The van der Waals surface area contributed by atoms with Crippen LogP contribution in [0.15, 0.2) is 39.6 Å². The maximum atomic E-state index is 13.2. The Hall–Kier alpha value is -2.83. The van der Waals surface area contributed by atoms with Gasteiger partial charge >= 0.3 is 0 Å². The Balaban J connectivity index is 1.90. The summed E-state index contributed by atoms with van der Waals surface area (Å²) in [5.41, 5.74) is 0.566. The van der Waals surface area contributed by atoms with Crippen LogP contribution < -0.4 is 9.64 Å². The van der Waals surface area contributed by atoms with Crippen LogP contribution in [-0.4, -0.2) is 44.9 Å². The first-order valence-electron chi connectivity index (χ1n) is 9.90. The fourth-order valence-corrected chi connectivity index (χ4v) is 5.10. The standard InChI is InChI=1S/C21H25N3O5S/c1-3-28-18-9-7-17(8-10-18)24(14-6-11-22)21(25)19-15-20(16(2)29-19)30(26,27)23-12-4-5-13-23/h7-10,15H,3-6,12-14H2,1-2H3. The molecule has 2 aromatic rings. The third-order valence-corrected chi connectivity index (χ3v) is 6.92. The van der Waals surface area contributed by atoms with Gasteiger partial charge in [-0.3, -0.25) is 4.79 Å². The summed E-state index contributed by atoms with van der Waals surface area (Å²) in [5.74, 6) is 0.274. The van der Waals surface area contributed by atoms with Gasteiger partial charge in [-0.1, -0.05) is 0 Å². The van der Waals surface area contributed by atoms with E-state index in [0.29, 0.717) is 31.1 Å². The number of benzene rings is 1. The van der Waals surface area contributed by atoms with Gasteiger partial charge in [0.05, 0.1) is 19.1 Å². The van der Waals surface area contributed by atoms with Gasteiger partial charge in [-0.15, -0.1) is 0 Å². The molecule has 0 N–H and O–H groups in total. The third-order valence-electron chi connectivity index (χ3n) is 4.92. The lowest BCUT2D eigenvalue weighted by atomic mass is 10.2. The lowest BCUT2D eigenvalue weighted by Crippen LogP contribution is -2.31. The van der Waals surface area contributed by atoms with Gasteiger partial charge in [0.15, 0.2) is 5.76 Å². The molecule has 0 aliphatic carbocycles. The van der Waals surface area contributed by atoms with E-state index in [9.17, 15) is 13.2 Å². The van der Waals surface area contributed by atoms with Crippen molar-refractivity contribution in [3.8, 4) is 11.8 Å². The Morgan fingerprint density at radius 3 is 2.53 bits per heavy atom. The van der Waals surface area contributed by atoms with Gasteiger partial charge in [-0.2, -0.15) is 9.57 Å². The molecule has 8 nitrogen and oxygen atoms in total. The number of carbonyl (C=O) groups excluding carboxylic acids is 1. The van der Waals surface area contributed by atoms with Gasteiger partial charge in [0.2, 0.25) is 10.0 Å². The molecule has 0 spiro atoms. The Labute approximate surface area is 176 Å². The van der Waals surface area contributed by atoms with Crippen LogP contribution in [0.4, 0.5) is 5.69 Å². The molecule has 2 heterocycles. The summed E-state index contributed by atoms with van der Waals surface area (Å²) in [7, 11) is -3.70. The van der Waals surface area contributed by atoms with Crippen molar-refractivity contribution in [2.45, 2.75) is 38.0 Å². The van der Waals surface area contributed by atoms with Gasteiger partial charge in [-0.05, 0) is 51.0 Å². The zero-order valence-corrected chi connectivity index (χ0v) is 17.9. The van der Waals surface area contributed by atoms with E-state index < -0.39 is 15.9 Å². The number of furan rings is 1. The summed E-state index contributed by atoms with van der Waals surface area (Å²) in [5, 5.41) is 8.99. The second kappa shape index (κ2) is 9.32. The van der Waals surface area contributed by atoms with Crippen LogP contribution in [0.1, 0.15) is 42.5 Å². The summed E-state index contributed by atoms with van der Waals surface area (Å²) in [6.45, 7) is 5.03. The van der Waals surface area contributed by atoms with Crippen molar-refractivity contribution in [3.63, 3.8) is 0 Å². The quantitative estimate of drug-likeness (QED) is 0.635. The van der Waals surface area contributed by atoms with E-state index in [1.807, 2.05) is 13.0 Å². The number of amides is 1. The maximum Gasteiger partial charge on any atom is 0.294 e. The largest absolute Gasteiger partial charge is 0.494 e. The van der Waals surface area contributed by atoms with Crippen molar-refractivity contribution in [2.75, 3.05) is 31.1 Å². The summed E-state index contributed by atoms with van der Waals surface area (Å²) in [6, 6.07) is 10.2. The molecule has 9 heteroatoms. The van der Waals surface area contributed by atoms with E-state index in [2.05, 4.69) is 0 Å². The SMILES string of the molecule is CCOc1ccc(N(CCC#N)C(=O)c2cc(S(=O)(=O)N3CCCC3)c(C)o2)cc1. The van der Waals surface area contributed by atoms with Crippen LogP contribution in [-0.2, 0) is 10.0 Å². The molecule has 1 fully saturated rings. The normalized spacial score (nSPS) is 14.4. The maximum absolute atomic E-state index is 13.2. The number of hydrogen-bond acceptors (Lipinski definition) is 6. The molecule has 30 heavy (non-hydrogen) atoms. The van der Waals surface area contributed by atoms with E-state index in [1.165, 1.54) is 22.2 Å². The average molecular weight is 432 g/mol. The molecule has 0 radical (unpaired) electrons. The number of nitriles is 1. The number of ether oxygens (including phenoxy) is 1. The van der Waals surface area contributed by atoms with Crippen LogP contribution in [0.3, 0.4) is 0 Å². The fraction of sp³-hybridized carbons (Fsp3) is 0.429. The lowest BCUT2D eigenvalue weighted by molar-refractivity contribution is 0.0959. The molecule has 0 bridgehead atoms. The summed E-state index contributed by atoms with van der Waals surface area (Å²) in [6.07, 6.45) is 1.76. The minimum atomic E-state index is -3.70. The molecule has 0 atom stereocenters. The minimum Gasteiger partial charge on any atom is -0.494 e. The molecule has 0 unspecified atom stereocenters. The summed E-state index contributed by atoms with van der Waals surface area (Å²) < 4.78 is 38.2. The molecule has 160 valence electrons. The molecule has 1 aromatic heterocycles. The fourth-order valence-electron chi connectivity index (χ4n) is 3.43. The average Bonchev–Trinajstić information content (AvgIpc) is 3.40. The smallest absolute Gasteiger partial charge is 0.294 e. The summed E-state index contributed by atoms with van der Waals surface area (Å²) in [4.78, 5) is 14.6. The summed E-state index contributed by atoms with van der Waals surface area (Å²) >= 11 is 0. The van der Waals surface area contributed by atoms with Crippen LogP contribution in [0.25, 0.3) is 0 Å². The van der Waals surface area contributed by atoms with E-state index >= 15 is 0 Å². The first-order valence-corrected chi connectivity index (χ1v) is 11.3. The first kappa shape index (κ1) is 21.9. The van der Waals surface area contributed by atoms with Crippen molar-refractivity contribution in [2.24, 2.45) is 0 Å². The minimum absolute atomic E-state index is 0.0136. The monoisotopic (exact) mass is 431 g/mol. The Morgan fingerprint density at radius 2 is 1.93 bits per heavy atom. The van der Waals surface area contributed by atoms with Gasteiger partial charge in [0.1, 0.15) is 16.4 Å². The number of sulfonamides is 1. The number of hydrogen-bond donors (Lipinski definition) is 0. The van der Waals surface area contributed by atoms with E-state index in [-0.39, 0.29) is 29.4 Å². The number of nitrogens with zero attached hydrogens (tertiary/aromatic N) is 3. The number of anilines is 1. The zero-order chi connectivity index (χ0) is 21.7. The highest BCUT2D eigenvalue weighted by Gasteiger charge is 2.32. The Bertz CT molecular complexity index is 1030. The number of carbonyl (C=O) groups is 1. The molecule has 3 rings (SSSR count). The second-order valence-electron chi connectivity index (χ2n) is 6.93. The molecular weight excluding hydrogens is 406 g/mol. The van der Waals surface area contributed by atoms with Crippen LogP contribution in [0.5, 0.6) is 5.75 Å². The number of aryl methyl sites for hydroxylation is 1. The molecule has 1 aliphatic heterocycles. The van der Waals surface area contributed by atoms with E-state index in [0.717, 1.165) is 12.8 Å². The second-order valence-corrected chi connectivity index (χ2v) is 8.84. The Morgan fingerprint density at radius 1 is 1.27 bits per heavy atom. The zero-order valence-electron chi connectivity index (χ0n) is 17.1. The molecule has 1 amide bonds. The van der Waals surface area contributed by atoms with Gasteiger partial charge in [-0.25, -0.2) is 8.42 Å². The van der Waals surface area contributed by atoms with Crippen molar-refractivity contribution in [1.82, 2.24) is 4.31 Å².